The van der Waals surface area contributed by atoms with Crippen molar-refractivity contribution >= 4 is 78.0 Å². The van der Waals surface area contributed by atoms with Gasteiger partial charge in [0.2, 0.25) is 0 Å². The van der Waals surface area contributed by atoms with Crippen molar-refractivity contribution in [3.63, 3.8) is 0 Å². The maximum absolute atomic E-state index is 2.65. The minimum Gasteiger partial charge on any atom is -0.311 e. The van der Waals surface area contributed by atoms with Crippen LogP contribution >= 0.6 is 11.3 Å². The van der Waals surface area contributed by atoms with Gasteiger partial charge in [0.15, 0.2) is 0 Å². The van der Waals surface area contributed by atoms with E-state index in [-0.39, 0.29) is 23.0 Å². The lowest BCUT2D eigenvalue weighted by atomic mass is 9.36. The molecule has 0 atom stereocenters. The Hall–Kier alpha value is -6.62. The highest BCUT2D eigenvalue weighted by Crippen LogP contribution is 2.64. The summed E-state index contributed by atoms with van der Waals surface area (Å²) in [5.74, 6) is 0. The van der Waals surface area contributed by atoms with Gasteiger partial charge in [-0.2, -0.15) is 0 Å². The number of para-hydroxylation sites is 1. The topological polar surface area (TPSA) is 6.48 Å². The minimum atomic E-state index is -0.460. The van der Waals surface area contributed by atoms with Gasteiger partial charge in [-0.25, -0.2) is 0 Å². The molecule has 2 nitrogen and oxygen atoms in total. The number of hydrogen-bond donors (Lipinski definition) is 0. The molecular weight excluding hydrogens is 840 g/mol. The molecule has 0 saturated carbocycles. The molecule has 13 rings (SSSR count). The molecule has 0 bridgehead atoms. The van der Waals surface area contributed by atoms with Crippen molar-refractivity contribution in [3.05, 3.63) is 208 Å². The average molecular weight is 897 g/mol. The van der Waals surface area contributed by atoms with E-state index in [0.717, 1.165) is 0 Å². The van der Waals surface area contributed by atoms with Gasteiger partial charge < -0.3 is 9.80 Å². The van der Waals surface area contributed by atoms with Crippen molar-refractivity contribution in [3.8, 4) is 22.3 Å². The summed E-state index contributed by atoms with van der Waals surface area (Å²) in [7, 11) is 0. The summed E-state index contributed by atoms with van der Waals surface area (Å²) < 4.78 is 2.73. The van der Waals surface area contributed by atoms with E-state index in [4.69, 9.17) is 0 Å². The Morgan fingerprint density at radius 1 is 0.441 bits per heavy atom. The summed E-state index contributed by atoms with van der Waals surface area (Å²) in [5.41, 5.74) is 26.0. The first-order valence-corrected chi connectivity index (χ1v) is 25.4. The highest BCUT2D eigenvalue weighted by molar-refractivity contribution is 7.33. The smallest absolute Gasteiger partial charge is 0.264 e. The fourth-order valence-electron chi connectivity index (χ4n) is 12.4. The molecule has 0 N–H and O–H groups in total. The zero-order valence-electron chi connectivity index (χ0n) is 41.0. The van der Waals surface area contributed by atoms with E-state index in [2.05, 4.69) is 243 Å². The summed E-state index contributed by atoms with van der Waals surface area (Å²) in [5, 5.41) is 1.32. The molecule has 2 aliphatic heterocycles. The molecule has 0 fully saturated rings. The number of anilines is 6. The lowest BCUT2D eigenvalue weighted by Gasteiger charge is -2.43. The van der Waals surface area contributed by atoms with Crippen molar-refractivity contribution in [1.82, 2.24) is 0 Å². The van der Waals surface area contributed by atoms with Gasteiger partial charge in [0.05, 0.1) is 11.1 Å². The molecule has 9 aromatic rings. The monoisotopic (exact) mass is 896 g/mol. The van der Waals surface area contributed by atoms with Crippen LogP contribution in [0.2, 0.25) is 0 Å². The predicted molar refractivity (Wildman–Crippen MR) is 293 cm³/mol. The average Bonchev–Trinajstić information content (AvgIpc) is 3.93. The third-order valence-corrected chi connectivity index (χ3v) is 17.0. The molecule has 0 amide bonds. The predicted octanol–water partition coefficient (Wildman–Crippen LogP) is 15.5. The third kappa shape index (κ3) is 5.64. The molecular formula is C64H57BN2S. The first-order valence-electron chi connectivity index (χ1n) is 24.5. The highest BCUT2D eigenvalue weighted by atomic mass is 32.1. The third-order valence-electron chi connectivity index (χ3n) is 15.8. The van der Waals surface area contributed by atoms with Gasteiger partial charge in [-0.15, -0.1) is 11.3 Å². The molecule has 2 aliphatic carbocycles. The Morgan fingerprint density at radius 2 is 0.941 bits per heavy atom. The van der Waals surface area contributed by atoms with Gasteiger partial charge in [0, 0.05) is 43.3 Å². The molecule has 1 aromatic heterocycles. The zero-order chi connectivity index (χ0) is 46.8. The van der Waals surface area contributed by atoms with E-state index in [1.165, 1.54) is 127 Å². The van der Waals surface area contributed by atoms with Gasteiger partial charge >= 0.3 is 0 Å². The summed E-state index contributed by atoms with van der Waals surface area (Å²) in [4.78, 5) is 5.19. The molecule has 4 aliphatic rings. The molecule has 0 unspecified atom stereocenters. The molecule has 0 radical (unpaired) electrons. The Kier molecular flexibility index (Phi) is 8.55. The summed E-state index contributed by atoms with van der Waals surface area (Å²) in [6.07, 6.45) is 0. The van der Waals surface area contributed by atoms with Crippen LogP contribution < -0.4 is 25.5 Å². The zero-order valence-corrected chi connectivity index (χ0v) is 41.8. The van der Waals surface area contributed by atoms with E-state index in [1.54, 1.807) is 0 Å². The van der Waals surface area contributed by atoms with Crippen LogP contribution in [0.4, 0.5) is 34.1 Å². The van der Waals surface area contributed by atoms with Crippen LogP contribution in [0.25, 0.3) is 32.3 Å². The maximum atomic E-state index is 2.65. The number of hydrogen-bond acceptors (Lipinski definition) is 3. The summed E-state index contributed by atoms with van der Waals surface area (Å²) in [6, 6.07) is 64.0. The van der Waals surface area contributed by atoms with Crippen molar-refractivity contribution in [2.75, 3.05) is 9.80 Å². The SMILES string of the molecule is Cc1cc2c3c(c1)N(c1ccc(C(C)(C)C)cc1)c1c(sc4cc5c(cc14)C1(c4ccccc4-c4ccccc41)c1cc(C(C)(C)C)ccc1-5)B3c1ccccc1N2c1ccc(C(C)(C)C)cc1. The van der Waals surface area contributed by atoms with Gasteiger partial charge in [-0.05, 0) is 155 Å². The second-order valence-corrected chi connectivity index (χ2v) is 24.1. The second-order valence-electron chi connectivity index (χ2n) is 23.0. The molecule has 1 spiro atoms. The van der Waals surface area contributed by atoms with Crippen molar-refractivity contribution < 1.29 is 0 Å². The summed E-state index contributed by atoms with van der Waals surface area (Å²) >= 11 is 2.00. The van der Waals surface area contributed by atoms with Crippen LogP contribution in [0.3, 0.4) is 0 Å². The largest absolute Gasteiger partial charge is 0.311 e. The van der Waals surface area contributed by atoms with Crippen LogP contribution in [0.15, 0.2) is 164 Å². The number of benzene rings is 8. The Bertz CT molecular complexity index is 3540. The molecule has 4 heteroatoms. The Morgan fingerprint density at radius 3 is 1.54 bits per heavy atom. The van der Waals surface area contributed by atoms with Gasteiger partial charge in [0.1, 0.15) is 0 Å². The second kappa shape index (κ2) is 14.0. The fraction of sp³-hybridized carbons (Fsp3) is 0.219. The van der Waals surface area contributed by atoms with Crippen LogP contribution in [0, 0.1) is 6.92 Å². The van der Waals surface area contributed by atoms with Crippen molar-refractivity contribution in [2.45, 2.75) is 90.9 Å². The van der Waals surface area contributed by atoms with Crippen LogP contribution in [-0.2, 0) is 21.7 Å². The number of rotatable bonds is 2. The van der Waals surface area contributed by atoms with E-state index >= 15 is 0 Å². The molecule has 0 saturated heterocycles. The number of aryl methyl sites for hydroxylation is 1. The molecule has 8 aromatic carbocycles. The molecule has 68 heavy (non-hydrogen) atoms. The first-order chi connectivity index (χ1) is 32.5. The maximum Gasteiger partial charge on any atom is 0.264 e. The van der Waals surface area contributed by atoms with Gasteiger partial charge in [-0.3, -0.25) is 0 Å². The van der Waals surface area contributed by atoms with Crippen molar-refractivity contribution in [2.24, 2.45) is 0 Å². The standard InChI is InChI=1S/C64H57BN2S/c1-38-33-55-58-56(34-38)67(43-30-25-40(26-31-43)62(5,6)7)59-48-36-52-47(37-57(48)68-60(59)65(58)53-21-15-16-22-54(53)66(55)42-28-23-39(24-29-42)61(2,3)4)46-32-27-41(63(8,9)10)35-51(46)64(52)49-19-13-11-17-44(49)45-18-12-14-20-50(45)64/h11-37H,1-10H3. The number of nitrogens with zero attached hydrogens (tertiary/aromatic N) is 2. The number of thiophene rings is 1. The van der Waals surface area contributed by atoms with E-state index < -0.39 is 5.41 Å². The van der Waals surface area contributed by atoms with Crippen molar-refractivity contribution in [1.29, 1.82) is 0 Å². The first kappa shape index (κ1) is 41.6. The van der Waals surface area contributed by atoms with Crippen LogP contribution in [0.5, 0.6) is 0 Å². The summed E-state index contributed by atoms with van der Waals surface area (Å²) in [6.45, 7) is 23.2. The van der Waals surface area contributed by atoms with Crippen LogP contribution in [-0.4, -0.2) is 6.71 Å². The lowest BCUT2D eigenvalue weighted by molar-refractivity contribution is 0.588. The normalized spacial score (nSPS) is 14.9. The van der Waals surface area contributed by atoms with E-state index in [1.807, 2.05) is 11.3 Å². The molecule has 332 valence electrons. The fourth-order valence-corrected chi connectivity index (χ4v) is 13.8. The van der Waals surface area contributed by atoms with E-state index in [9.17, 15) is 0 Å². The number of fused-ring (bicyclic) bond motifs is 16. The minimum absolute atomic E-state index is 0.00276. The Balaban J connectivity index is 1.13. The van der Waals surface area contributed by atoms with Crippen LogP contribution in [0.1, 0.15) is 107 Å². The quantitative estimate of drug-likeness (QED) is 0.160. The Labute approximate surface area is 407 Å². The van der Waals surface area contributed by atoms with E-state index in [0.29, 0.717) is 0 Å². The van der Waals surface area contributed by atoms with Gasteiger partial charge in [0.25, 0.3) is 6.71 Å². The lowest BCUT2D eigenvalue weighted by Crippen LogP contribution is -2.60. The highest BCUT2D eigenvalue weighted by Gasteiger charge is 2.53. The molecule has 3 heterocycles. The van der Waals surface area contributed by atoms with Gasteiger partial charge in [-0.1, -0.05) is 172 Å².